The fourth-order valence-electron chi connectivity index (χ4n) is 0.628. The van der Waals surface area contributed by atoms with Gasteiger partial charge in [-0.1, -0.05) is 6.58 Å². The van der Waals surface area contributed by atoms with E-state index in [-0.39, 0.29) is 11.6 Å². The molecule has 0 aromatic heterocycles. The van der Waals surface area contributed by atoms with Crippen molar-refractivity contribution in [3.8, 4) is 0 Å². The van der Waals surface area contributed by atoms with Crippen LogP contribution in [0.3, 0.4) is 0 Å². The van der Waals surface area contributed by atoms with Crippen LogP contribution >= 0.6 is 0 Å². The van der Waals surface area contributed by atoms with E-state index in [0.29, 0.717) is 5.90 Å². The first-order valence-corrected chi connectivity index (χ1v) is 5.01. The van der Waals surface area contributed by atoms with Crippen LogP contribution in [0, 0.1) is 0 Å². The van der Waals surface area contributed by atoms with Crippen molar-refractivity contribution in [3.05, 3.63) is 24.2 Å². The highest BCUT2D eigenvalue weighted by atomic mass is 32.2. The number of hydrogen-bond donors (Lipinski definition) is 2. The van der Waals surface area contributed by atoms with Gasteiger partial charge in [-0.05, 0) is 0 Å². The van der Waals surface area contributed by atoms with E-state index >= 15 is 0 Å². The number of ether oxygens (including phenoxy) is 2. The van der Waals surface area contributed by atoms with E-state index in [1.54, 1.807) is 6.92 Å². The predicted octanol–water partition coefficient (Wildman–Crippen LogP) is 0.779. The zero-order chi connectivity index (χ0) is 11.8. The van der Waals surface area contributed by atoms with Crippen LogP contribution in [0.25, 0.3) is 0 Å². The summed E-state index contributed by atoms with van der Waals surface area (Å²) < 4.78 is 30.7. The Bertz CT molecular complexity index is 312. The first kappa shape index (κ1) is 13.7. The molecular weight excluding hydrogens is 220 g/mol. The van der Waals surface area contributed by atoms with Crippen LogP contribution in [-0.2, 0) is 20.7 Å². The van der Waals surface area contributed by atoms with E-state index in [2.05, 4.69) is 16.3 Å². The maximum absolute atomic E-state index is 10.4. The number of rotatable bonds is 5. The van der Waals surface area contributed by atoms with Gasteiger partial charge in [0.1, 0.15) is 0 Å². The fraction of sp³-hybridized carbons (Fsp3) is 0.375. The summed E-state index contributed by atoms with van der Waals surface area (Å²) in [6.07, 6.45) is 1.37. The Balaban J connectivity index is 4.59. The Morgan fingerprint density at radius 2 is 2.13 bits per heavy atom. The molecule has 7 heteroatoms. The predicted molar refractivity (Wildman–Crippen MR) is 58.3 cm³/mol. The van der Waals surface area contributed by atoms with Crippen molar-refractivity contribution >= 4 is 17.2 Å². The minimum atomic E-state index is -2.16. The zero-order valence-corrected chi connectivity index (χ0v) is 9.63. The Morgan fingerprint density at radius 3 is 2.53 bits per heavy atom. The van der Waals surface area contributed by atoms with Gasteiger partial charge >= 0.3 is 0 Å². The van der Waals surface area contributed by atoms with Crippen LogP contribution in [0.5, 0.6) is 0 Å². The van der Waals surface area contributed by atoms with Gasteiger partial charge in [0.05, 0.1) is 14.2 Å². The Labute approximate surface area is 91.1 Å². The summed E-state index contributed by atoms with van der Waals surface area (Å²) >= 11 is -2.16. The van der Waals surface area contributed by atoms with Crippen LogP contribution in [0.15, 0.2) is 29.2 Å². The van der Waals surface area contributed by atoms with Gasteiger partial charge in [-0.15, -0.1) is 0 Å². The first-order chi connectivity index (χ1) is 6.99. The monoisotopic (exact) mass is 234 g/mol. The lowest BCUT2D eigenvalue weighted by molar-refractivity contribution is 0.283. The quantitative estimate of drug-likeness (QED) is 0.242. The lowest BCUT2D eigenvalue weighted by Crippen LogP contribution is -2.13. The van der Waals surface area contributed by atoms with E-state index in [1.807, 2.05) is 0 Å². The Morgan fingerprint density at radius 1 is 1.53 bits per heavy atom. The molecule has 15 heavy (non-hydrogen) atoms. The van der Waals surface area contributed by atoms with Crippen LogP contribution < -0.4 is 4.72 Å². The van der Waals surface area contributed by atoms with E-state index in [4.69, 9.17) is 14.0 Å². The van der Waals surface area contributed by atoms with E-state index in [0.717, 1.165) is 0 Å². The van der Waals surface area contributed by atoms with E-state index in [9.17, 15) is 4.21 Å². The maximum Gasteiger partial charge on any atom is 0.259 e. The second kappa shape index (κ2) is 7.02. The van der Waals surface area contributed by atoms with Crippen LogP contribution in [0.1, 0.15) is 6.92 Å². The van der Waals surface area contributed by atoms with Gasteiger partial charge in [0.2, 0.25) is 5.88 Å². The molecule has 2 N–H and O–H groups in total. The summed E-state index contributed by atoms with van der Waals surface area (Å²) in [6, 6.07) is 0. The van der Waals surface area contributed by atoms with Crippen LogP contribution in [0.2, 0.25) is 0 Å². The molecule has 0 aliphatic rings. The average molecular weight is 234 g/mol. The molecule has 0 saturated heterocycles. The molecule has 0 rings (SSSR count). The normalized spacial score (nSPS) is 14.4. The fourth-order valence-corrected chi connectivity index (χ4v) is 0.912. The summed E-state index contributed by atoms with van der Waals surface area (Å²) in [7, 11) is 2.89. The highest BCUT2D eigenvalue weighted by Gasteiger charge is 1.99. The Hall–Kier alpha value is -1.34. The molecule has 0 radical (unpaired) electrons. The maximum atomic E-state index is 10.4. The largest absolute Gasteiger partial charge is 0.484 e. The molecule has 6 nitrogen and oxygen atoms in total. The lowest BCUT2D eigenvalue weighted by atomic mass is 10.5. The molecule has 0 fully saturated rings. The number of nitrogens with one attached hydrogen (secondary N) is 1. The molecule has 1 unspecified atom stereocenters. The van der Waals surface area contributed by atoms with Crippen LogP contribution in [-0.4, -0.2) is 28.9 Å². The highest BCUT2D eigenvalue weighted by Crippen LogP contribution is 2.02. The van der Waals surface area contributed by atoms with Crippen molar-refractivity contribution in [1.82, 2.24) is 4.72 Å². The number of aliphatic imine (C=N–C) groups is 1. The van der Waals surface area contributed by atoms with E-state index < -0.39 is 11.3 Å². The first-order valence-electron chi connectivity index (χ1n) is 3.91. The SMILES string of the molecule is C=C(/C=C(\N=C(C)OC)OC)NS(=O)O. The standard InChI is InChI=1S/C8H14N2O4S/c1-6(10-15(11)12)5-8(14-4)9-7(2)13-3/h5,10H,1H2,2-4H3,(H,11,12)/b8-5+,9-7?. The lowest BCUT2D eigenvalue weighted by Gasteiger charge is -2.04. The molecule has 0 spiro atoms. The summed E-state index contributed by atoms with van der Waals surface area (Å²) in [4.78, 5) is 3.91. The minimum absolute atomic E-state index is 0.209. The molecular formula is C8H14N2O4S. The molecule has 0 heterocycles. The third-order valence-electron chi connectivity index (χ3n) is 1.29. The van der Waals surface area contributed by atoms with Gasteiger partial charge in [0.15, 0.2) is 5.90 Å². The van der Waals surface area contributed by atoms with Crippen molar-refractivity contribution in [3.63, 3.8) is 0 Å². The van der Waals surface area contributed by atoms with Crippen molar-refractivity contribution in [2.45, 2.75) is 6.92 Å². The van der Waals surface area contributed by atoms with Gasteiger partial charge in [-0.3, -0.25) is 9.27 Å². The third-order valence-corrected chi connectivity index (χ3v) is 1.73. The molecule has 1 atom stereocenters. The molecule has 0 aliphatic heterocycles. The third kappa shape index (κ3) is 6.69. The van der Waals surface area contributed by atoms with Gasteiger partial charge in [0, 0.05) is 18.7 Å². The molecule has 0 bridgehead atoms. The van der Waals surface area contributed by atoms with Crippen molar-refractivity contribution in [2.24, 2.45) is 4.99 Å². The summed E-state index contributed by atoms with van der Waals surface area (Å²) in [5.74, 6) is 0.623. The molecule has 86 valence electrons. The van der Waals surface area contributed by atoms with Crippen molar-refractivity contribution in [1.29, 1.82) is 0 Å². The van der Waals surface area contributed by atoms with Crippen LogP contribution in [0.4, 0.5) is 0 Å². The molecule has 0 aliphatic carbocycles. The topological polar surface area (TPSA) is 80.2 Å². The number of hydrogen-bond acceptors (Lipinski definition) is 4. The van der Waals surface area contributed by atoms with Gasteiger partial charge in [-0.2, -0.15) is 4.99 Å². The zero-order valence-electron chi connectivity index (χ0n) is 8.81. The van der Waals surface area contributed by atoms with Crippen molar-refractivity contribution in [2.75, 3.05) is 14.2 Å². The van der Waals surface area contributed by atoms with E-state index in [1.165, 1.54) is 20.3 Å². The Kier molecular flexibility index (Phi) is 6.39. The number of allylic oxidation sites excluding steroid dienone is 1. The van der Waals surface area contributed by atoms with Gasteiger partial charge in [0.25, 0.3) is 11.3 Å². The summed E-state index contributed by atoms with van der Waals surface area (Å²) in [6.45, 7) is 5.13. The summed E-state index contributed by atoms with van der Waals surface area (Å²) in [5.41, 5.74) is 0.209. The smallest absolute Gasteiger partial charge is 0.259 e. The second-order valence-corrected chi connectivity index (χ2v) is 3.10. The number of nitrogens with zero attached hydrogens (tertiary/aromatic N) is 1. The number of methoxy groups -OCH3 is 2. The second-order valence-electron chi connectivity index (χ2n) is 2.40. The summed E-state index contributed by atoms with van der Waals surface area (Å²) in [5, 5.41) is 0. The van der Waals surface area contributed by atoms with Crippen molar-refractivity contribution < 1.29 is 18.2 Å². The highest BCUT2D eigenvalue weighted by molar-refractivity contribution is 7.77. The molecule has 0 saturated carbocycles. The van der Waals surface area contributed by atoms with Gasteiger partial charge < -0.3 is 9.47 Å². The molecule has 0 amide bonds. The minimum Gasteiger partial charge on any atom is -0.484 e. The van der Waals surface area contributed by atoms with Gasteiger partial charge in [-0.25, -0.2) is 4.21 Å². The average Bonchev–Trinajstić information content (AvgIpc) is 2.15. The molecule has 0 aromatic carbocycles. The molecule has 0 aromatic rings.